The van der Waals surface area contributed by atoms with E-state index in [0.29, 0.717) is 17.0 Å². The van der Waals surface area contributed by atoms with E-state index in [9.17, 15) is 8.42 Å². The second kappa shape index (κ2) is 6.18. The highest BCUT2D eigenvalue weighted by molar-refractivity contribution is 7.90. The molecule has 4 nitrogen and oxygen atoms in total. The minimum Gasteiger partial charge on any atom is -0.330 e. The molecule has 1 aromatic heterocycles. The van der Waals surface area contributed by atoms with E-state index in [0.717, 1.165) is 29.4 Å². The Bertz CT molecular complexity index is 925. The Labute approximate surface area is 136 Å². The highest BCUT2D eigenvalue weighted by atomic mass is 32.2. The smallest absolute Gasteiger partial charge is 0.268 e. The van der Waals surface area contributed by atoms with Gasteiger partial charge in [0.2, 0.25) is 0 Å². The maximum absolute atomic E-state index is 13.0. The first-order valence-corrected chi connectivity index (χ1v) is 9.09. The van der Waals surface area contributed by atoms with Gasteiger partial charge in [-0.05, 0) is 50.1 Å². The molecule has 0 unspecified atom stereocenters. The number of rotatable bonds is 5. The van der Waals surface area contributed by atoms with Crippen molar-refractivity contribution in [1.82, 2.24) is 3.97 Å². The third-order valence-electron chi connectivity index (χ3n) is 3.99. The number of aromatic nitrogens is 1. The Morgan fingerprint density at radius 3 is 2.43 bits per heavy atom. The number of aryl methyl sites for hydroxylation is 2. The number of benzene rings is 2. The fourth-order valence-corrected chi connectivity index (χ4v) is 4.12. The molecule has 0 amide bonds. The summed E-state index contributed by atoms with van der Waals surface area (Å²) in [6.45, 7) is 2.52. The van der Waals surface area contributed by atoms with Gasteiger partial charge >= 0.3 is 0 Å². The van der Waals surface area contributed by atoms with Gasteiger partial charge in [-0.2, -0.15) is 0 Å². The monoisotopic (exact) mass is 328 g/mol. The molecule has 0 aliphatic carbocycles. The first-order valence-electron chi connectivity index (χ1n) is 7.65. The second-order valence-electron chi connectivity index (χ2n) is 5.68. The van der Waals surface area contributed by atoms with Crippen molar-refractivity contribution in [2.24, 2.45) is 5.73 Å². The van der Waals surface area contributed by atoms with Crippen molar-refractivity contribution in [2.75, 3.05) is 6.54 Å². The van der Waals surface area contributed by atoms with Gasteiger partial charge in [-0.1, -0.05) is 35.9 Å². The summed E-state index contributed by atoms with van der Waals surface area (Å²) < 4.78 is 27.4. The second-order valence-corrected chi connectivity index (χ2v) is 7.49. The molecule has 0 bridgehead atoms. The Morgan fingerprint density at radius 2 is 1.74 bits per heavy atom. The topological polar surface area (TPSA) is 65.1 Å². The third-order valence-corrected chi connectivity index (χ3v) is 5.68. The lowest BCUT2D eigenvalue weighted by Gasteiger charge is -2.07. The minimum absolute atomic E-state index is 0.300. The van der Waals surface area contributed by atoms with Gasteiger partial charge < -0.3 is 5.73 Å². The fourth-order valence-electron chi connectivity index (χ4n) is 2.73. The molecule has 2 aromatic carbocycles. The quantitative estimate of drug-likeness (QED) is 0.783. The van der Waals surface area contributed by atoms with E-state index in [-0.39, 0.29) is 0 Å². The van der Waals surface area contributed by atoms with Crippen molar-refractivity contribution in [3.05, 3.63) is 65.9 Å². The first kappa shape index (κ1) is 15.8. The Hall–Kier alpha value is -2.11. The fraction of sp³-hybridized carbons (Fsp3) is 0.222. The Kier molecular flexibility index (Phi) is 4.24. The number of fused-ring (bicyclic) bond motifs is 1. The van der Waals surface area contributed by atoms with Crippen molar-refractivity contribution >= 4 is 20.9 Å². The van der Waals surface area contributed by atoms with Crippen LogP contribution in [0.25, 0.3) is 10.9 Å². The van der Waals surface area contributed by atoms with E-state index >= 15 is 0 Å². The average Bonchev–Trinajstić information content (AvgIpc) is 2.93. The summed E-state index contributed by atoms with van der Waals surface area (Å²) >= 11 is 0. The third kappa shape index (κ3) is 2.90. The van der Waals surface area contributed by atoms with Crippen LogP contribution >= 0.6 is 0 Å². The van der Waals surface area contributed by atoms with E-state index in [1.165, 1.54) is 3.97 Å². The van der Waals surface area contributed by atoms with Crippen molar-refractivity contribution in [3.63, 3.8) is 0 Å². The molecule has 2 N–H and O–H groups in total. The normalized spacial score (nSPS) is 11.9. The minimum atomic E-state index is -3.60. The molecular weight excluding hydrogens is 308 g/mol. The van der Waals surface area contributed by atoms with Gasteiger partial charge in [0, 0.05) is 11.6 Å². The summed E-state index contributed by atoms with van der Waals surface area (Å²) in [5.74, 6) is 0. The number of para-hydroxylation sites is 1. The lowest BCUT2D eigenvalue weighted by Crippen LogP contribution is -2.11. The van der Waals surface area contributed by atoms with Gasteiger partial charge in [0.05, 0.1) is 10.4 Å². The number of nitrogens with two attached hydrogens (primary N) is 1. The molecule has 3 rings (SSSR count). The molecular formula is C18H20N2O2S. The zero-order valence-corrected chi connectivity index (χ0v) is 13.9. The Balaban J connectivity index is 2.17. The molecule has 0 fully saturated rings. The highest BCUT2D eigenvalue weighted by Crippen LogP contribution is 2.26. The molecule has 1 heterocycles. The number of nitrogens with zero attached hydrogens (tertiary/aromatic N) is 1. The van der Waals surface area contributed by atoms with Crippen LogP contribution < -0.4 is 5.73 Å². The average molecular weight is 328 g/mol. The molecule has 120 valence electrons. The summed E-state index contributed by atoms with van der Waals surface area (Å²) in [4.78, 5) is 0.300. The number of hydrogen-bond donors (Lipinski definition) is 1. The van der Waals surface area contributed by atoms with Crippen LogP contribution in [-0.4, -0.2) is 18.9 Å². The van der Waals surface area contributed by atoms with Crippen LogP contribution in [0.15, 0.2) is 59.6 Å². The molecule has 0 saturated carbocycles. The van der Waals surface area contributed by atoms with Crippen LogP contribution in [0.3, 0.4) is 0 Å². The summed E-state index contributed by atoms with van der Waals surface area (Å²) in [5, 5.41) is 0.969. The molecule has 0 aliphatic heterocycles. The summed E-state index contributed by atoms with van der Waals surface area (Å²) in [5.41, 5.74) is 8.35. The van der Waals surface area contributed by atoms with Crippen molar-refractivity contribution in [1.29, 1.82) is 0 Å². The molecule has 0 radical (unpaired) electrons. The maximum atomic E-state index is 13.0. The van der Waals surface area contributed by atoms with Crippen LogP contribution in [0.5, 0.6) is 0 Å². The molecule has 23 heavy (non-hydrogen) atoms. The van der Waals surface area contributed by atoms with E-state index in [1.54, 1.807) is 18.3 Å². The maximum Gasteiger partial charge on any atom is 0.268 e. The SMILES string of the molecule is Cc1ccc(S(=O)(=O)n2cc(CCCN)c3ccccc32)cc1. The van der Waals surface area contributed by atoms with Gasteiger partial charge in [0.25, 0.3) is 10.0 Å². The predicted octanol–water partition coefficient (Wildman–Crippen LogP) is 3.08. The first-order chi connectivity index (χ1) is 11.0. The van der Waals surface area contributed by atoms with E-state index in [1.807, 2.05) is 43.3 Å². The highest BCUT2D eigenvalue weighted by Gasteiger charge is 2.20. The van der Waals surface area contributed by atoms with Crippen LogP contribution in [0, 0.1) is 6.92 Å². The van der Waals surface area contributed by atoms with Crippen molar-refractivity contribution < 1.29 is 8.42 Å². The Morgan fingerprint density at radius 1 is 1.04 bits per heavy atom. The largest absolute Gasteiger partial charge is 0.330 e. The van der Waals surface area contributed by atoms with Crippen molar-refractivity contribution in [2.45, 2.75) is 24.7 Å². The zero-order chi connectivity index (χ0) is 16.4. The predicted molar refractivity (Wildman–Crippen MR) is 93.1 cm³/mol. The molecule has 0 atom stereocenters. The lowest BCUT2D eigenvalue weighted by molar-refractivity contribution is 0.589. The van der Waals surface area contributed by atoms with Gasteiger partial charge in [-0.3, -0.25) is 0 Å². The van der Waals surface area contributed by atoms with Crippen LogP contribution in [0.2, 0.25) is 0 Å². The van der Waals surface area contributed by atoms with Gasteiger partial charge in [0.15, 0.2) is 0 Å². The molecule has 3 aromatic rings. The molecule has 5 heteroatoms. The van der Waals surface area contributed by atoms with Crippen LogP contribution in [0.4, 0.5) is 0 Å². The van der Waals surface area contributed by atoms with Crippen molar-refractivity contribution in [3.8, 4) is 0 Å². The van der Waals surface area contributed by atoms with Gasteiger partial charge in [-0.25, -0.2) is 12.4 Å². The summed E-state index contributed by atoms with van der Waals surface area (Å²) in [7, 11) is -3.60. The van der Waals surface area contributed by atoms with Crippen LogP contribution in [-0.2, 0) is 16.4 Å². The van der Waals surface area contributed by atoms with Gasteiger partial charge in [0.1, 0.15) is 0 Å². The lowest BCUT2D eigenvalue weighted by atomic mass is 10.1. The standard InChI is InChI=1S/C18H20N2O2S/c1-14-8-10-16(11-9-14)23(21,22)20-13-15(5-4-12-19)17-6-2-3-7-18(17)20/h2-3,6-11,13H,4-5,12,19H2,1H3. The summed E-state index contributed by atoms with van der Waals surface area (Å²) in [6.07, 6.45) is 3.33. The molecule has 0 spiro atoms. The zero-order valence-electron chi connectivity index (χ0n) is 13.1. The number of hydrogen-bond acceptors (Lipinski definition) is 3. The summed E-state index contributed by atoms with van der Waals surface area (Å²) in [6, 6.07) is 14.5. The molecule has 0 aliphatic rings. The van der Waals surface area contributed by atoms with Crippen LogP contribution in [0.1, 0.15) is 17.5 Å². The molecule has 0 saturated heterocycles. The van der Waals surface area contributed by atoms with E-state index < -0.39 is 10.0 Å². The van der Waals surface area contributed by atoms with E-state index in [2.05, 4.69) is 0 Å². The van der Waals surface area contributed by atoms with Gasteiger partial charge in [-0.15, -0.1) is 0 Å². The van der Waals surface area contributed by atoms with E-state index in [4.69, 9.17) is 5.73 Å².